The van der Waals surface area contributed by atoms with Crippen LogP contribution in [-0.2, 0) is 0 Å². The lowest BCUT2D eigenvalue weighted by molar-refractivity contribution is 0.101. The molecule has 2 nitrogen and oxygen atoms in total. The molecule has 0 saturated carbocycles. The molecular weight excluding hydrogens is 318 g/mol. The first-order valence-corrected chi connectivity index (χ1v) is 9.02. The van der Waals surface area contributed by atoms with Crippen molar-refractivity contribution >= 4 is 23.8 Å². The van der Waals surface area contributed by atoms with E-state index in [0.29, 0.717) is 0 Å². The normalized spacial score (nSPS) is 17.2. The fourth-order valence-corrected chi connectivity index (χ4v) is 3.21. The second-order valence-electron chi connectivity index (χ2n) is 6.43. The molecule has 1 saturated heterocycles. The van der Waals surface area contributed by atoms with E-state index in [-0.39, 0.29) is 0 Å². The summed E-state index contributed by atoms with van der Waals surface area (Å²) in [6, 6.07) is 15.9. The second kappa shape index (κ2) is 8.48. The zero-order valence-electron chi connectivity index (χ0n) is 13.9. The molecule has 2 aromatic carbocycles. The van der Waals surface area contributed by atoms with Gasteiger partial charge < -0.3 is 10.0 Å². The van der Waals surface area contributed by atoms with Crippen LogP contribution in [0, 0.1) is 0 Å². The van der Waals surface area contributed by atoms with E-state index in [1.165, 1.54) is 19.3 Å². The van der Waals surface area contributed by atoms with Gasteiger partial charge in [-0.3, -0.25) is 0 Å². The largest absolute Gasteiger partial charge is 0.387 e. The van der Waals surface area contributed by atoms with Gasteiger partial charge in [-0.25, -0.2) is 0 Å². The highest BCUT2D eigenvalue weighted by atomic mass is 35.5. The van der Waals surface area contributed by atoms with Crippen LogP contribution in [0.3, 0.4) is 0 Å². The van der Waals surface area contributed by atoms with Gasteiger partial charge in [-0.05, 0) is 54.8 Å². The third-order valence-corrected chi connectivity index (χ3v) is 4.79. The number of benzene rings is 2. The van der Waals surface area contributed by atoms with Crippen LogP contribution in [0.1, 0.15) is 42.1 Å². The van der Waals surface area contributed by atoms with E-state index in [4.69, 9.17) is 11.6 Å². The minimum absolute atomic E-state index is 0.405. The van der Waals surface area contributed by atoms with Crippen molar-refractivity contribution in [2.75, 3.05) is 19.6 Å². The summed E-state index contributed by atoms with van der Waals surface area (Å²) in [4.78, 5) is 2.36. The molecule has 0 bridgehead atoms. The molecule has 24 heavy (non-hydrogen) atoms. The molecule has 1 fully saturated rings. The SMILES string of the molecule is OC(CN1CCCCC1)c1ccc(C=Cc2ccc(Cl)cc2)cc1. The van der Waals surface area contributed by atoms with Gasteiger partial charge in [-0.15, -0.1) is 0 Å². The van der Waals surface area contributed by atoms with Crippen molar-refractivity contribution in [2.24, 2.45) is 0 Å². The molecule has 1 heterocycles. The first-order valence-electron chi connectivity index (χ1n) is 8.65. The van der Waals surface area contributed by atoms with Crippen molar-refractivity contribution in [3.05, 3.63) is 70.2 Å². The third kappa shape index (κ3) is 4.94. The molecule has 126 valence electrons. The summed E-state index contributed by atoms with van der Waals surface area (Å²) in [7, 11) is 0. The lowest BCUT2D eigenvalue weighted by Crippen LogP contribution is -2.33. The van der Waals surface area contributed by atoms with Crippen molar-refractivity contribution in [1.29, 1.82) is 0 Å². The molecule has 0 spiro atoms. The van der Waals surface area contributed by atoms with Gasteiger partial charge in [0.2, 0.25) is 0 Å². The second-order valence-corrected chi connectivity index (χ2v) is 6.87. The summed E-state index contributed by atoms with van der Waals surface area (Å²) in [5.41, 5.74) is 3.23. The first-order chi connectivity index (χ1) is 11.7. The van der Waals surface area contributed by atoms with Gasteiger partial charge in [0.25, 0.3) is 0 Å². The number of likely N-dealkylation sites (tertiary alicyclic amines) is 1. The number of nitrogens with zero attached hydrogens (tertiary/aromatic N) is 1. The minimum Gasteiger partial charge on any atom is -0.387 e. The Labute approximate surface area is 149 Å². The van der Waals surface area contributed by atoms with Gasteiger partial charge in [-0.1, -0.05) is 66.6 Å². The number of rotatable bonds is 5. The molecule has 0 aromatic heterocycles. The summed E-state index contributed by atoms with van der Waals surface area (Å²) in [6.45, 7) is 2.96. The van der Waals surface area contributed by atoms with E-state index in [1.807, 2.05) is 36.4 Å². The Morgan fingerprint density at radius 2 is 1.42 bits per heavy atom. The molecule has 1 unspecified atom stereocenters. The van der Waals surface area contributed by atoms with Crippen LogP contribution in [0.4, 0.5) is 0 Å². The highest BCUT2D eigenvalue weighted by molar-refractivity contribution is 6.30. The Hall–Kier alpha value is -1.61. The molecule has 1 N–H and O–H groups in total. The zero-order valence-corrected chi connectivity index (χ0v) is 14.6. The number of hydrogen-bond donors (Lipinski definition) is 1. The number of piperidine rings is 1. The summed E-state index contributed by atoms with van der Waals surface area (Å²) in [5, 5.41) is 11.2. The fourth-order valence-electron chi connectivity index (χ4n) is 3.09. The fraction of sp³-hybridized carbons (Fsp3) is 0.333. The number of aliphatic hydroxyl groups excluding tert-OH is 1. The number of hydrogen-bond acceptors (Lipinski definition) is 2. The molecule has 1 atom stereocenters. The lowest BCUT2D eigenvalue weighted by atomic mass is 10.0. The van der Waals surface area contributed by atoms with Crippen LogP contribution >= 0.6 is 11.6 Å². The molecule has 1 aliphatic heterocycles. The predicted molar refractivity (Wildman–Crippen MR) is 102 cm³/mol. The maximum atomic E-state index is 10.4. The summed E-state index contributed by atoms with van der Waals surface area (Å²) in [6.07, 6.45) is 7.56. The van der Waals surface area contributed by atoms with Crippen LogP contribution in [-0.4, -0.2) is 29.6 Å². The Morgan fingerprint density at radius 3 is 2.00 bits per heavy atom. The molecule has 0 radical (unpaired) electrons. The Morgan fingerprint density at radius 1 is 0.875 bits per heavy atom. The van der Waals surface area contributed by atoms with E-state index >= 15 is 0 Å². The monoisotopic (exact) mass is 341 g/mol. The maximum absolute atomic E-state index is 10.4. The highest BCUT2D eigenvalue weighted by Crippen LogP contribution is 2.19. The number of aliphatic hydroxyl groups is 1. The van der Waals surface area contributed by atoms with Crippen molar-refractivity contribution in [3.63, 3.8) is 0 Å². The van der Waals surface area contributed by atoms with Gasteiger partial charge in [0.15, 0.2) is 0 Å². The predicted octanol–water partition coefficient (Wildman–Crippen LogP) is 5.03. The highest BCUT2D eigenvalue weighted by Gasteiger charge is 2.15. The van der Waals surface area contributed by atoms with E-state index in [9.17, 15) is 5.11 Å². The molecule has 0 amide bonds. The van der Waals surface area contributed by atoms with Crippen LogP contribution in [0.2, 0.25) is 5.02 Å². The van der Waals surface area contributed by atoms with E-state index in [0.717, 1.165) is 41.3 Å². The van der Waals surface area contributed by atoms with Crippen molar-refractivity contribution in [1.82, 2.24) is 4.90 Å². The van der Waals surface area contributed by atoms with Crippen molar-refractivity contribution in [2.45, 2.75) is 25.4 Å². The minimum atomic E-state index is -0.405. The summed E-state index contributed by atoms with van der Waals surface area (Å²) >= 11 is 5.89. The molecule has 1 aliphatic rings. The molecule has 3 rings (SSSR count). The molecule has 2 aromatic rings. The quantitative estimate of drug-likeness (QED) is 0.771. The molecule has 3 heteroatoms. The van der Waals surface area contributed by atoms with E-state index in [1.54, 1.807) is 0 Å². The van der Waals surface area contributed by atoms with E-state index in [2.05, 4.69) is 29.2 Å². The molecule has 0 aliphatic carbocycles. The zero-order chi connectivity index (χ0) is 16.8. The average Bonchev–Trinajstić information content (AvgIpc) is 2.62. The third-order valence-electron chi connectivity index (χ3n) is 4.54. The van der Waals surface area contributed by atoms with Gasteiger partial charge in [0.1, 0.15) is 0 Å². The van der Waals surface area contributed by atoms with Gasteiger partial charge >= 0.3 is 0 Å². The topological polar surface area (TPSA) is 23.5 Å². The van der Waals surface area contributed by atoms with E-state index < -0.39 is 6.10 Å². The first kappa shape index (κ1) is 17.2. The Kier molecular flexibility index (Phi) is 6.08. The lowest BCUT2D eigenvalue weighted by Gasteiger charge is -2.28. The van der Waals surface area contributed by atoms with Gasteiger partial charge in [0.05, 0.1) is 6.10 Å². The van der Waals surface area contributed by atoms with Crippen molar-refractivity contribution in [3.8, 4) is 0 Å². The number of β-amino-alcohol motifs (C(OH)–C–C–N with tert-alkyl or cyclic N) is 1. The van der Waals surface area contributed by atoms with Gasteiger partial charge in [0, 0.05) is 11.6 Å². The van der Waals surface area contributed by atoms with Crippen LogP contribution in [0.5, 0.6) is 0 Å². The maximum Gasteiger partial charge on any atom is 0.0916 e. The smallest absolute Gasteiger partial charge is 0.0916 e. The summed E-state index contributed by atoms with van der Waals surface area (Å²) in [5.74, 6) is 0. The van der Waals surface area contributed by atoms with Gasteiger partial charge in [-0.2, -0.15) is 0 Å². The number of halogens is 1. The van der Waals surface area contributed by atoms with Crippen molar-refractivity contribution < 1.29 is 5.11 Å². The van der Waals surface area contributed by atoms with Crippen LogP contribution in [0.15, 0.2) is 48.5 Å². The standard InChI is InChI=1S/C21H24ClNO/c22-20-12-8-18(9-13-20)5-4-17-6-10-19(11-7-17)21(24)16-23-14-2-1-3-15-23/h4-13,21,24H,1-3,14-16H2. The Balaban J connectivity index is 1.59. The van der Waals surface area contributed by atoms with Crippen LogP contribution < -0.4 is 0 Å². The molecular formula is C21H24ClNO. The van der Waals surface area contributed by atoms with Crippen LogP contribution in [0.25, 0.3) is 12.2 Å². The average molecular weight is 342 g/mol. The summed E-state index contributed by atoms with van der Waals surface area (Å²) < 4.78 is 0. The Bertz CT molecular complexity index is 657.